The molecule has 1 aliphatic heterocycles. The number of carbonyl (C=O) groups is 1. The van der Waals surface area contributed by atoms with Gasteiger partial charge in [-0.15, -0.1) is 10.2 Å². The molecule has 0 saturated carbocycles. The van der Waals surface area contributed by atoms with E-state index < -0.39 is 0 Å². The number of rotatable bonds is 6. The predicted octanol–water partition coefficient (Wildman–Crippen LogP) is 5.85. The van der Waals surface area contributed by atoms with Gasteiger partial charge in [0.25, 0.3) is 5.91 Å². The van der Waals surface area contributed by atoms with Gasteiger partial charge in [0.05, 0.1) is 10.7 Å². The van der Waals surface area contributed by atoms with E-state index >= 15 is 0 Å². The standard InChI is InChI=1S/C28H24Cl2N4O2/c29-21-10-11-23(24(30)18-21)25-12-13-27(32-31-25)33-14-16-34(17-15-33)28(35)19-36-26-9-5-4-8-22(26)20-6-2-1-3-7-20/h1-13,18H,14-17,19H2. The fourth-order valence-electron chi connectivity index (χ4n) is 4.20. The van der Waals surface area contributed by atoms with Crippen LogP contribution in [0.1, 0.15) is 0 Å². The maximum atomic E-state index is 12.9. The fourth-order valence-corrected chi connectivity index (χ4v) is 4.70. The summed E-state index contributed by atoms with van der Waals surface area (Å²) in [5.41, 5.74) is 3.49. The zero-order valence-corrected chi connectivity index (χ0v) is 21.0. The van der Waals surface area contributed by atoms with E-state index in [9.17, 15) is 4.79 Å². The largest absolute Gasteiger partial charge is 0.483 e. The van der Waals surface area contributed by atoms with Crippen molar-refractivity contribution in [2.45, 2.75) is 0 Å². The molecule has 36 heavy (non-hydrogen) atoms. The molecule has 1 saturated heterocycles. The highest BCUT2D eigenvalue weighted by Crippen LogP contribution is 2.30. The van der Waals surface area contributed by atoms with Crippen molar-refractivity contribution in [1.82, 2.24) is 15.1 Å². The molecule has 2 heterocycles. The highest BCUT2D eigenvalue weighted by molar-refractivity contribution is 6.36. The molecule has 0 unspecified atom stereocenters. The van der Waals surface area contributed by atoms with Crippen LogP contribution in [0.4, 0.5) is 5.82 Å². The first kappa shape index (κ1) is 24.1. The molecule has 1 amide bonds. The van der Waals surface area contributed by atoms with E-state index in [2.05, 4.69) is 15.1 Å². The number of benzene rings is 3. The molecule has 1 aliphatic rings. The van der Waals surface area contributed by atoms with Crippen molar-refractivity contribution in [3.8, 4) is 28.1 Å². The van der Waals surface area contributed by atoms with Crippen molar-refractivity contribution < 1.29 is 9.53 Å². The van der Waals surface area contributed by atoms with Gasteiger partial charge in [-0.05, 0) is 42.0 Å². The summed E-state index contributed by atoms with van der Waals surface area (Å²) in [6.45, 7) is 2.52. The molecule has 1 fully saturated rings. The second-order valence-electron chi connectivity index (χ2n) is 8.42. The summed E-state index contributed by atoms with van der Waals surface area (Å²) in [4.78, 5) is 16.8. The van der Waals surface area contributed by atoms with Gasteiger partial charge in [0, 0.05) is 42.3 Å². The van der Waals surface area contributed by atoms with E-state index in [0.29, 0.717) is 47.7 Å². The average molecular weight is 519 g/mol. The monoisotopic (exact) mass is 518 g/mol. The van der Waals surface area contributed by atoms with Crippen LogP contribution in [0.5, 0.6) is 5.75 Å². The number of nitrogens with zero attached hydrogens (tertiary/aromatic N) is 4. The summed E-state index contributed by atoms with van der Waals surface area (Å²) in [7, 11) is 0. The Morgan fingerprint density at radius 1 is 0.806 bits per heavy atom. The number of para-hydroxylation sites is 1. The molecule has 182 valence electrons. The zero-order chi connectivity index (χ0) is 24.9. The molecule has 0 spiro atoms. The molecule has 0 atom stereocenters. The molecular formula is C28H24Cl2N4O2. The molecule has 8 heteroatoms. The fraction of sp³-hybridized carbons (Fsp3) is 0.179. The Bertz CT molecular complexity index is 1340. The van der Waals surface area contributed by atoms with Gasteiger partial charge in [0.1, 0.15) is 5.75 Å². The average Bonchev–Trinajstić information content (AvgIpc) is 2.93. The number of aromatic nitrogens is 2. The molecule has 0 bridgehead atoms. The SMILES string of the molecule is O=C(COc1ccccc1-c1ccccc1)N1CCN(c2ccc(-c3ccc(Cl)cc3Cl)nn2)CC1. The lowest BCUT2D eigenvalue weighted by molar-refractivity contribution is -0.133. The van der Waals surface area contributed by atoms with Crippen LogP contribution in [0.25, 0.3) is 22.4 Å². The first-order chi connectivity index (χ1) is 17.6. The summed E-state index contributed by atoms with van der Waals surface area (Å²) < 4.78 is 5.94. The molecule has 1 aromatic heterocycles. The van der Waals surface area contributed by atoms with Crippen LogP contribution in [0, 0.1) is 0 Å². The summed E-state index contributed by atoms with van der Waals surface area (Å²) in [5, 5.41) is 9.84. The van der Waals surface area contributed by atoms with Crippen LogP contribution in [0.2, 0.25) is 10.0 Å². The van der Waals surface area contributed by atoms with Crippen molar-refractivity contribution in [2.24, 2.45) is 0 Å². The topological polar surface area (TPSA) is 58.6 Å². The van der Waals surface area contributed by atoms with Gasteiger partial charge in [0.15, 0.2) is 12.4 Å². The van der Waals surface area contributed by atoms with Crippen molar-refractivity contribution in [3.63, 3.8) is 0 Å². The maximum Gasteiger partial charge on any atom is 0.260 e. The van der Waals surface area contributed by atoms with Crippen LogP contribution >= 0.6 is 23.2 Å². The van der Waals surface area contributed by atoms with Gasteiger partial charge in [-0.1, -0.05) is 71.7 Å². The zero-order valence-electron chi connectivity index (χ0n) is 19.5. The summed E-state index contributed by atoms with van der Waals surface area (Å²) in [6, 6.07) is 26.9. The van der Waals surface area contributed by atoms with Gasteiger partial charge < -0.3 is 14.5 Å². The Hall–Kier alpha value is -3.61. The second-order valence-corrected chi connectivity index (χ2v) is 9.26. The van der Waals surface area contributed by atoms with E-state index in [-0.39, 0.29) is 12.5 Å². The molecule has 4 aromatic rings. The minimum Gasteiger partial charge on any atom is -0.483 e. The van der Waals surface area contributed by atoms with Crippen LogP contribution < -0.4 is 9.64 Å². The van der Waals surface area contributed by atoms with Gasteiger partial charge in [-0.2, -0.15) is 0 Å². The summed E-state index contributed by atoms with van der Waals surface area (Å²) >= 11 is 12.3. The first-order valence-electron chi connectivity index (χ1n) is 11.7. The second kappa shape index (κ2) is 11.0. The van der Waals surface area contributed by atoms with Gasteiger partial charge in [0.2, 0.25) is 0 Å². The predicted molar refractivity (Wildman–Crippen MR) is 144 cm³/mol. The van der Waals surface area contributed by atoms with E-state index in [1.165, 1.54) is 0 Å². The van der Waals surface area contributed by atoms with Gasteiger partial charge >= 0.3 is 0 Å². The number of anilines is 1. The highest BCUT2D eigenvalue weighted by atomic mass is 35.5. The molecule has 3 aromatic carbocycles. The van der Waals surface area contributed by atoms with Crippen LogP contribution in [-0.2, 0) is 4.79 Å². The quantitative estimate of drug-likeness (QED) is 0.320. The van der Waals surface area contributed by atoms with Crippen LogP contribution in [-0.4, -0.2) is 53.8 Å². The van der Waals surface area contributed by atoms with Crippen molar-refractivity contribution in [3.05, 3.63) is 95.0 Å². The number of halogens is 2. The summed E-state index contributed by atoms with van der Waals surface area (Å²) in [6.07, 6.45) is 0. The van der Waals surface area contributed by atoms with Crippen molar-refractivity contribution >= 4 is 34.9 Å². The number of hydrogen-bond acceptors (Lipinski definition) is 5. The molecule has 6 nitrogen and oxygen atoms in total. The molecule has 0 N–H and O–H groups in total. The first-order valence-corrected chi connectivity index (χ1v) is 12.4. The van der Waals surface area contributed by atoms with E-state index in [1.807, 2.05) is 77.7 Å². The number of amides is 1. The normalized spacial score (nSPS) is 13.5. The Kier molecular flexibility index (Phi) is 7.35. The third-order valence-electron chi connectivity index (χ3n) is 6.14. The van der Waals surface area contributed by atoms with E-state index in [1.54, 1.807) is 12.1 Å². The van der Waals surface area contributed by atoms with E-state index in [4.69, 9.17) is 27.9 Å². The van der Waals surface area contributed by atoms with Gasteiger partial charge in [-0.3, -0.25) is 4.79 Å². The highest BCUT2D eigenvalue weighted by Gasteiger charge is 2.23. The van der Waals surface area contributed by atoms with Crippen molar-refractivity contribution in [2.75, 3.05) is 37.7 Å². The minimum absolute atomic E-state index is 0.000199. The van der Waals surface area contributed by atoms with Crippen LogP contribution in [0.3, 0.4) is 0 Å². The lowest BCUT2D eigenvalue weighted by Crippen LogP contribution is -2.50. The Balaban J connectivity index is 1.16. The Labute approximate surface area is 220 Å². The molecule has 5 rings (SSSR count). The lowest BCUT2D eigenvalue weighted by Gasteiger charge is -2.35. The number of carbonyl (C=O) groups excluding carboxylic acids is 1. The van der Waals surface area contributed by atoms with Crippen LogP contribution in [0.15, 0.2) is 84.9 Å². The smallest absolute Gasteiger partial charge is 0.260 e. The Morgan fingerprint density at radius 3 is 2.28 bits per heavy atom. The lowest BCUT2D eigenvalue weighted by atomic mass is 10.1. The molecular weight excluding hydrogens is 495 g/mol. The minimum atomic E-state index is -0.0312. The van der Waals surface area contributed by atoms with E-state index in [0.717, 1.165) is 22.5 Å². The molecule has 0 radical (unpaired) electrons. The number of piperazine rings is 1. The number of ether oxygens (including phenoxy) is 1. The molecule has 0 aliphatic carbocycles. The van der Waals surface area contributed by atoms with Crippen molar-refractivity contribution in [1.29, 1.82) is 0 Å². The number of hydrogen-bond donors (Lipinski definition) is 0. The van der Waals surface area contributed by atoms with Gasteiger partial charge in [-0.25, -0.2) is 0 Å². The third kappa shape index (κ3) is 5.45. The third-order valence-corrected chi connectivity index (χ3v) is 6.68. The maximum absolute atomic E-state index is 12.9. The summed E-state index contributed by atoms with van der Waals surface area (Å²) in [5.74, 6) is 1.44. The Morgan fingerprint density at radius 2 is 1.56 bits per heavy atom.